The molecular weight excluding hydrogens is 307 g/mol. The maximum absolute atomic E-state index is 13.7. The Hall–Kier alpha value is -2.65. The van der Waals surface area contributed by atoms with E-state index < -0.39 is 5.82 Å². The third-order valence-electron chi connectivity index (χ3n) is 2.40. The van der Waals surface area contributed by atoms with Crippen LogP contribution in [0.15, 0.2) is 30.3 Å². The molecule has 2 N–H and O–H groups in total. The molecule has 0 saturated carbocycles. The van der Waals surface area contributed by atoms with Crippen molar-refractivity contribution in [2.45, 2.75) is 13.8 Å². The number of hydrogen-bond donors (Lipinski definition) is 2. The van der Waals surface area contributed by atoms with Crippen LogP contribution in [0, 0.1) is 17.1 Å². The van der Waals surface area contributed by atoms with Gasteiger partial charge in [0.1, 0.15) is 11.2 Å². The van der Waals surface area contributed by atoms with Crippen LogP contribution in [0.4, 0.5) is 21.6 Å². The van der Waals surface area contributed by atoms with Crippen LogP contribution in [-0.2, 0) is 4.79 Å². The highest BCUT2D eigenvalue weighted by Crippen LogP contribution is 2.24. The number of rotatable bonds is 4. The van der Waals surface area contributed by atoms with Crippen molar-refractivity contribution < 1.29 is 9.18 Å². The first-order valence-electron chi connectivity index (χ1n) is 6.47. The van der Waals surface area contributed by atoms with Crippen molar-refractivity contribution >= 4 is 35.2 Å². The van der Waals surface area contributed by atoms with Crippen molar-refractivity contribution in [2.75, 3.05) is 10.6 Å². The molecule has 0 bridgehead atoms. The molecule has 114 valence electrons. The molecule has 7 heteroatoms. The van der Waals surface area contributed by atoms with Crippen molar-refractivity contribution in [3.63, 3.8) is 0 Å². The Morgan fingerprint density at radius 3 is 2.64 bits per heavy atom. The second-order valence-corrected chi connectivity index (χ2v) is 4.09. The van der Waals surface area contributed by atoms with Gasteiger partial charge in [0.05, 0.1) is 5.56 Å². The van der Waals surface area contributed by atoms with E-state index in [0.717, 1.165) is 6.07 Å². The summed E-state index contributed by atoms with van der Waals surface area (Å²) in [6, 6.07) is 9.37. The van der Waals surface area contributed by atoms with Crippen molar-refractivity contribution in [1.29, 1.82) is 5.26 Å². The Labute approximate surface area is 132 Å². The predicted molar refractivity (Wildman–Crippen MR) is 84.7 cm³/mol. The summed E-state index contributed by atoms with van der Waals surface area (Å²) in [5.41, 5.74) is 1.03. The van der Waals surface area contributed by atoms with Crippen LogP contribution in [0.2, 0.25) is 5.15 Å². The highest BCUT2D eigenvalue weighted by atomic mass is 35.5. The van der Waals surface area contributed by atoms with E-state index in [4.69, 9.17) is 16.9 Å². The Morgan fingerprint density at radius 1 is 1.32 bits per heavy atom. The first-order valence-corrected chi connectivity index (χ1v) is 6.85. The molecule has 1 aromatic carbocycles. The number of nitriles is 1. The zero-order valence-corrected chi connectivity index (χ0v) is 12.8. The van der Waals surface area contributed by atoms with Gasteiger partial charge >= 0.3 is 0 Å². The van der Waals surface area contributed by atoms with Gasteiger partial charge in [0.25, 0.3) is 0 Å². The minimum absolute atomic E-state index is 0.0360. The molecule has 1 aromatic heterocycles. The van der Waals surface area contributed by atoms with E-state index in [1.807, 2.05) is 13.8 Å². The van der Waals surface area contributed by atoms with E-state index >= 15 is 0 Å². The zero-order valence-electron chi connectivity index (χ0n) is 12.0. The van der Waals surface area contributed by atoms with Gasteiger partial charge in [-0.1, -0.05) is 31.5 Å². The number of pyridine rings is 1. The number of benzene rings is 1. The summed E-state index contributed by atoms with van der Waals surface area (Å²) in [7, 11) is 0. The van der Waals surface area contributed by atoms with Crippen LogP contribution in [-0.4, -0.2) is 11.4 Å². The monoisotopic (exact) mass is 320 g/mol. The van der Waals surface area contributed by atoms with E-state index in [-0.39, 0.29) is 16.5 Å². The molecule has 0 spiro atoms. The van der Waals surface area contributed by atoms with Gasteiger partial charge in [0, 0.05) is 11.4 Å². The maximum atomic E-state index is 13.7. The number of carbonyl (C=O) groups is 1. The van der Waals surface area contributed by atoms with Crippen LogP contribution in [0.25, 0.3) is 0 Å². The quantitative estimate of drug-likeness (QED) is 0.657. The maximum Gasteiger partial charge on any atom is 0.211 e. The number of aromatic nitrogens is 1. The molecule has 0 fully saturated rings. The normalized spacial score (nSPS) is 9.05. The summed E-state index contributed by atoms with van der Waals surface area (Å²) >= 11 is 5.75. The Morgan fingerprint density at radius 2 is 2.00 bits per heavy atom. The molecule has 22 heavy (non-hydrogen) atoms. The Balaban J connectivity index is 0.00000116. The van der Waals surface area contributed by atoms with Crippen molar-refractivity contribution in [3.8, 4) is 6.07 Å². The van der Waals surface area contributed by atoms with Gasteiger partial charge in [0.2, 0.25) is 6.41 Å². The largest absolute Gasteiger partial charge is 0.338 e. The highest BCUT2D eigenvalue weighted by Gasteiger charge is 2.10. The molecule has 2 rings (SSSR count). The standard InChI is InChI=1S/C13H8ClFN4O.C2H6/c14-12-8(6-16)4-11(15)13(19-12)18-10-3-1-2-9(5-10)17-7-20;1-2/h1-5,7H,(H,17,20)(H,18,19);1-2H3. The summed E-state index contributed by atoms with van der Waals surface area (Å²) in [5.74, 6) is -0.794. The van der Waals surface area contributed by atoms with Crippen LogP contribution in [0.5, 0.6) is 0 Å². The van der Waals surface area contributed by atoms with E-state index in [1.165, 1.54) is 0 Å². The summed E-state index contributed by atoms with van der Waals surface area (Å²) in [6.07, 6.45) is 0.538. The third-order valence-corrected chi connectivity index (χ3v) is 2.69. The molecule has 0 radical (unpaired) electrons. The molecular formula is C15H14ClFN4O. The lowest BCUT2D eigenvalue weighted by molar-refractivity contribution is -0.105. The lowest BCUT2D eigenvalue weighted by atomic mass is 10.2. The number of halogens is 2. The molecule has 0 aliphatic heterocycles. The second kappa shape index (κ2) is 8.60. The zero-order chi connectivity index (χ0) is 16.5. The number of nitrogens with one attached hydrogen (secondary N) is 2. The van der Waals surface area contributed by atoms with Crippen molar-refractivity contribution in [2.24, 2.45) is 0 Å². The first-order chi connectivity index (χ1) is 10.6. The van der Waals surface area contributed by atoms with Gasteiger partial charge in [0.15, 0.2) is 11.6 Å². The van der Waals surface area contributed by atoms with Crippen molar-refractivity contribution in [1.82, 2.24) is 4.98 Å². The molecule has 1 amide bonds. The van der Waals surface area contributed by atoms with E-state index in [1.54, 1.807) is 30.3 Å². The molecule has 0 unspecified atom stereocenters. The number of amides is 1. The van der Waals surface area contributed by atoms with E-state index in [2.05, 4.69) is 15.6 Å². The molecule has 2 aromatic rings. The molecule has 5 nitrogen and oxygen atoms in total. The summed E-state index contributed by atoms with van der Waals surface area (Å²) < 4.78 is 13.7. The molecule has 1 heterocycles. The molecule has 0 saturated heterocycles. The molecule has 0 atom stereocenters. The third kappa shape index (κ3) is 4.43. The van der Waals surface area contributed by atoms with Crippen LogP contribution in [0.1, 0.15) is 19.4 Å². The minimum atomic E-state index is -0.695. The average Bonchev–Trinajstić information content (AvgIpc) is 2.53. The summed E-state index contributed by atoms with van der Waals surface area (Å²) in [4.78, 5) is 14.1. The van der Waals surface area contributed by atoms with Gasteiger partial charge in [-0.15, -0.1) is 0 Å². The van der Waals surface area contributed by atoms with Crippen LogP contribution >= 0.6 is 11.6 Å². The fraction of sp³-hybridized carbons (Fsp3) is 0.133. The highest BCUT2D eigenvalue weighted by molar-refractivity contribution is 6.30. The van der Waals surface area contributed by atoms with Gasteiger partial charge in [-0.2, -0.15) is 5.26 Å². The van der Waals surface area contributed by atoms with Crippen LogP contribution in [0.3, 0.4) is 0 Å². The van der Waals surface area contributed by atoms with E-state index in [0.29, 0.717) is 17.8 Å². The van der Waals surface area contributed by atoms with Crippen LogP contribution < -0.4 is 10.6 Å². The van der Waals surface area contributed by atoms with Gasteiger partial charge < -0.3 is 10.6 Å². The summed E-state index contributed by atoms with van der Waals surface area (Å²) in [5, 5.41) is 13.8. The lowest BCUT2D eigenvalue weighted by Crippen LogP contribution is -2.00. The summed E-state index contributed by atoms with van der Waals surface area (Å²) in [6.45, 7) is 4.00. The smallest absolute Gasteiger partial charge is 0.211 e. The topological polar surface area (TPSA) is 77.8 Å². The number of hydrogen-bond acceptors (Lipinski definition) is 4. The number of anilines is 3. The average molecular weight is 321 g/mol. The van der Waals surface area contributed by atoms with Gasteiger partial charge in [-0.25, -0.2) is 9.37 Å². The number of nitrogens with zero attached hydrogens (tertiary/aromatic N) is 2. The first kappa shape index (κ1) is 17.4. The van der Waals surface area contributed by atoms with E-state index in [9.17, 15) is 9.18 Å². The lowest BCUT2D eigenvalue weighted by Gasteiger charge is -2.09. The Bertz CT molecular complexity index is 700. The molecule has 0 aliphatic rings. The van der Waals surface area contributed by atoms with Gasteiger partial charge in [-0.3, -0.25) is 4.79 Å². The van der Waals surface area contributed by atoms with Crippen molar-refractivity contribution in [3.05, 3.63) is 46.9 Å². The van der Waals surface area contributed by atoms with Gasteiger partial charge in [-0.05, 0) is 24.3 Å². The fourth-order valence-electron chi connectivity index (χ4n) is 1.52. The Kier molecular flexibility index (Phi) is 6.80. The molecule has 0 aliphatic carbocycles. The number of carbonyl (C=O) groups excluding carboxylic acids is 1. The minimum Gasteiger partial charge on any atom is -0.338 e. The predicted octanol–water partition coefficient (Wildman–Crippen LogP) is 4.08. The second-order valence-electron chi connectivity index (χ2n) is 3.74. The fourth-order valence-corrected chi connectivity index (χ4v) is 1.71. The SMILES string of the molecule is CC.N#Cc1cc(F)c(Nc2cccc(NC=O)c2)nc1Cl.